The molecule has 2 unspecified atom stereocenters. The first kappa shape index (κ1) is 10.6. The summed E-state index contributed by atoms with van der Waals surface area (Å²) in [4.78, 5) is 4.20. The van der Waals surface area contributed by atoms with Gasteiger partial charge in [0.25, 0.3) is 0 Å². The van der Waals surface area contributed by atoms with Crippen LogP contribution in [0.1, 0.15) is 37.7 Å². The molecule has 1 fully saturated rings. The van der Waals surface area contributed by atoms with E-state index in [1.165, 1.54) is 31.4 Å². The smallest absolute Gasteiger partial charge is 0.0302 e. The summed E-state index contributed by atoms with van der Waals surface area (Å²) in [5, 5.41) is 3.52. The zero-order valence-corrected chi connectivity index (χ0v) is 9.45. The van der Waals surface area contributed by atoms with E-state index < -0.39 is 0 Å². The maximum Gasteiger partial charge on any atom is 0.0302 e. The van der Waals surface area contributed by atoms with Gasteiger partial charge in [0.2, 0.25) is 0 Å². The summed E-state index contributed by atoms with van der Waals surface area (Å²) in [5.74, 6) is 1.59. The Bertz CT molecular complexity index is 284. The molecule has 1 heterocycles. The van der Waals surface area contributed by atoms with E-state index in [0.717, 1.165) is 18.4 Å². The van der Waals surface area contributed by atoms with Gasteiger partial charge in [-0.1, -0.05) is 13.0 Å². The summed E-state index contributed by atoms with van der Waals surface area (Å²) in [6.45, 7) is 4.54. The van der Waals surface area contributed by atoms with Crippen LogP contribution in [0.5, 0.6) is 0 Å². The average Bonchev–Trinajstić information content (AvgIpc) is 2.24. The lowest BCUT2D eigenvalue weighted by Crippen LogP contribution is -2.34. The van der Waals surface area contributed by atoms with Crippen LogP contribution in [0.15, 0.2) is 24.5 Å². The van der Waals surface area contributed by atoms with Gasteiger partial charge in [0.1, 0.15) is 0 Å². The molecule has 1 aromatic rings. The molecule has 0 spiro atoms. The van der Waals surface area contributed by atoms with Crippen molar-refractivity contribution in [1.29, 1.82) is 0 Å². The molecule has 0 aromatic carbocycles. The minimum atomic E-state index is 0.753. The number of pyridine rings is 1. The Labute approximate surface area is 92.1 Å². The van der Waals surface area contributed by atoms with E-state index in [4.69, 9.17) is 0 Å². The molecule has 1 saturated carbocycles. The molecule has 1 N–H and O–H groups in total. The predicted octanol–water partition coefficient (Wildman–Crippen LogP) is 2.57. The maximum absolute atomic E-state index is 4.20. The van der Waals surface area contributed by atoms with E-state index in [9.17, 15) is 0 Å². The van der Waals surface area contributed by atoms with Gasteiger partial charge in [-0.3, -0.25) is 4.98 Å². The van der Waals surface area contributed by atoms with Crippen molar-refractivity contribution < 1.29 is 0 Å². The van der Waals surface area contributed by atoms with Crippen molar-refractivity contribution in [2.75, 3.05) is 13.1 Å². The van der Waals surface area contributed by atoms with Gasteiger partial charge >= 0.3 is 0 Å². The van der Waals surface area contributed by atoms with Crippen LogP contribution in [0.25, 0.3) is 0 Å². The molecule has 2 rings (SSSR count). The van der Waals surface area contributed by atoms with Crippen molar-refractivity contribution in [3.63, 3.8) is 0 Å². The molecule has 0 saturated heterocycles. The van der Waals surface area contributed by atoms with Gasteiger partial charge in [-0.2, -0.15) is 0 Å². The largest absolute Gasteiger partial charge is 0.316 e. The monoisotopic (exact) mass is 204 g/mol. The molecule has 1 aliphatic rings. The van der Waals surface area contributed by atoms with E-state index in [1.54, 1.807) is 0 Å². The topological polar surface area (TPSA) is 24.9 Å². The van der Waals surface area contributed by atoms with Gasteiger partial charge in [0.15, 0.2) is 0 Å². The Kier molecular flexibility index (Phi) is 3.73. The molecule has 2 nitrogen and oxygen atoms in total. The molecule has 0 amide bonds. The highest BCUT2D eigenvalue weighted by atomic mass is 14.9. The van der Waals surface area contributed by atoms with Crippen molar-refractivity contribution in [2.45, 2.75) is 32.1 Å². The van der Waals surface area contributed by atoms with Crippen LogP contribution in [0.3, 0.4) is 0 Å². The molecular formula is C13H20N2. The molecule has 2 heteroatoms. The second-order valence-electron chi connectivity index (χ2n) is 4.43. The summed E-state index contributed by atoms with van der Waals surface area (Å²) >= 11 is 0. The number of nitrogens with one attached hydrogen (secondary N) is 1. The molecule has 15 heavy (non-hydrogen) atoms. The lowest BCUT2D eigenvalue weighted by Gasteiger charge is -2.37. The Morgan fingerprint density at radius 2 is 2.40 bits per heavy atom. The Morgan fingerprint density at radius 3 is 3.00 bits per heavy atom. The summed E-state index contributed by atoms with van der Waals surface area (Å²) in [5.41, 5.74) is 1.42. The van der Waals surface area contributed by atoms with Gasteiger partial charge in [-0.25, -0.2) is 0 Å². The second kappa shape index (κ2) is 5.26. The molecule has 0 radical (unpaired) electrons. The fourth-order valence-electron chi connectivity index (χ4n) is 2.31. The Hall–Kier alpha value is -0.890. The van der Waals surface area contributed by atoms with Crippen molar-refractivity contribution >= 4 is 0 Å². The SMILES string of the molecule is CCCNCC1CCC1c1cccnc1. The Morgan fingerprint density at radius 1 is 1.47 bits per heavy atom. The van der Waals surface area contributed by atoms with Gasteiger partial charge in [-0.15, -0.1) is 0 Å². The fraction of sp³-hybridized carbons (Fsp3) is 0.615. The van der Waals surface area contributed by atoms with Crippen LogP contribution in [-0.4, -0.2) is 18.1 Å². The highest BCUT2D eigenvalue weighted by Gasteiger charge is 2.31. The lowest BCUT2D eigenvalue weighted by molar-refractivity contribution is 0.246. The minimum Gasteiger partial charge on any atom is -0.316 e. The van der Waals surface area contributed by atoms with Crippen LogP contribution < -0.4 is 5.32 Å². The highest BCUT2D eigenvalue weighted by molar-refractivity contribution is 5.18. The van der Waals surface area contributed by atoms with E-state index in [0.29, 0.717) is 0 Å². The van der Waals surface area contributed by atoms with Gasteiger partial charge in [0.05, 0.1) is 0 Å². The van der Waals surface area contributed by atoms with E-state index >= 15 is 0 Å². The fourth-order valence-corrected chi connectivity index (χ4v) is 2.31. The Balaban J connectivity index is 1.84. The first-order valence-electron chi connectivity index (χ1n) is 6.02. The summed E-state index contributed by atoms with van der Waals surface area (Å²) in [7, 11) is 0. The van der Waals surface area contributed by atoms with Crippen molar-refractivity contribution in [1.82, 2.24) is 10.3 Å². The normalized spacial score (nSPS) is 24.9. The second-order valence-corrected chi connectivity index (χ2v) is 4.43. The van der Waals surface area contributed by atoms with Gasteiger partial charge in [0, 0.05) is 12.4 Å². The van der Waals surface area contributed by atoms with Gasteiger partial charge in [-0.05, 0) is 55.8 Å². The number of hydrogen-bond donors (Lipinski definition) is 1. The number of rotatable bonds is 5. The number of nitrogens with zero attached hydrogens (tertiary/aromatic N) is 1. The third-order valence-corrected chi connectivity index (χ3v) is 3.36. The first-order chi connectivity index (χ1) is 7.42. The third-order valence-electron chi connectivity index (χ3n) is 3.36. The molecule has 2 atom stereocenters. The third kappa shape index (κ3) is 2.57. The average molecular weight is 204 g/mol. The van der Waals surface area contributed by atoms with Crippen molar-refractivity contribution in [3.8, 4) is 0 Å². The highest BCUT2D eigenvalue weighted by Crippen LogP contribution is 2.41. The lowest BCUT2D eigenvalue weighted by atomic mass is 9.70. The molecule has 0 aliphatic heterocycles. The summed E-state index contributed by atoms with van der Waals surface area (Å²) in [6, 6.07) is 4.26. The zero-order chi connectivity index (χ0) is 10.5. The minimum absolute atomic E-state index is 0.753. The predicted molar refractivity (Wildman–Crippen MR) is 62.9 cm³/mol. The van der Waals surface area contributed by atoms with Crippen molar-refractivity contribution in [2.24, 2.45) is 5.92 Å². The molecule has 0 bridgehead atoms. The first-order valence-corrected chi connectivity index (χ1v) is 6.02. The summed E-state index contributed by atoms with van der Waals surface area (Å²) in [6.07, 6.45) is 7.81. The van der Waals surface area contributed by atoms with Crippen LogP contribution in [0, 0.1) is 5.92 Å². The van der Waals surface area contributed by atoms with Crippen LogP contribution in [-0.2, 0) is 0 Å². The van der Waals surface area contributed by atoms with Crippen LogP contribution >= 0.6 is 0 Å². The molecule has 82 valence electrons. The number of aromatic nitrogens is 1. The van der Waals surface area contributed by atoms with E-state index in [1.807, 2.05) is 18.5 Å². The van der Waals surface area contributed by atoms with Crippen molar-refractivity contribution in [3.05, 3.63) is 30.1 Å². The van der Waals surface area contributed by atoms with E-state index in [-0.39, 0.29) is 0 Å². The van der Waals surface area contributed by atoms with Crippen LogP contribution in [0.4, 0.5) is 0 Å². The molecule has 1 aliphatic carbocycles. The van der Waals surface area contributed by atoms with Crippen LogP contribution in [0.2, 0.25) is 0 Å². The molecular weight excluding hydrogens is 184 g/mol. The standard InChI is InChI=1S/C13H20N2/c1-2-7-14-10-12-5-6-13(12)11-4-3-8-15-9-11/h3-4,8-9,12-14H,2,5-7,10H2,1H3. The molecule has 1 aromatic heterocycles. The van der Waals surface area contributed by atoms with E-state index in [2.05, 4.69) is 23.3 Å². The maximum atomic E-state index is 4.20. The number of hydrogen-bond acceptors (Lipinski definition) is 2. The van der Waals surface area contributed by atoms with Gasteiger partial charge < -0.3 is 5.32 Å². The summed E-state index contributed by atoms with van der Waals surface area (Å²) < 4.78 is 0. The zero-order valence-electron chi connectivity index (χ0n) is 9.45. The quantitative estimate of drug-likeness (QED) is 0.746.